The van der Waals surface area contributed by atoms with Gasteiger partial charge in [0.15, 0.2) is 5.82 Å². The average molecular weight is 233 g/mol. The summed E-state index contributed by atoms with van der Waals surface area (Å²) in [5.74, 6) is 2.09. The van der Waals surface area contributed by atoms with E-state index in [1.807, 2.05) is 31.2 Å². The summed E-state index contributed by atoms with van der Waals surface area (Å²) < 4.78 is 10.4. The number of hydrogen-bond acceptors (Lipinski definition) is 5. The fourth-order valence-electron chi connectivity index (χ4n) is 1.43. The molecule has 0 unspecified atom stereocenters. The third kappa shape index (κ3) is 3.21. The van der Waals surface area contributed by atoms with E-state index in [0.717, 1.165) is 11.4 Å². The number of hydrogen-bond donors (Lipinski definition) is 1. The van der Waals surface area contributed by atoms with Gasteiger partial charge in [-0.1, -0.05) is 5.16 Å². The standard InChI is InChI=1S/C12H15N3O2/c1-3-16-11-6-4-10(5-7-11)13-8-12-14-9(2)15-17-12/h4-7,13H,3,8H2,1-2H3. The van der Waals surface area contributed by atoms with Crippen LogP contribution in [0.2, 0.25) is 0 Å². The van der Waals surface area contributed by atoms with Gasteiger partial charge >= 0.3 is 0 Å². The maximum atomic E-state index is 5.36. The van der Waals surface area contributed by atoms with E-state index < -0.39 is 0 Å². The number of nitrogens with zero attached hydrogens (tertiary/aromatic N) is 2. The van der Waals surface area contributed by atoms with Gasteiger partial charge in [-0.25, -0.2) is 0 Å². The van der Waals surface area contributed by atoms with Crippen LogP contribution in [0.3, 0.4) is 0 Å². The van der Waals surface area contributed by atoms with Crippen molar-refractivity contribution < 1.29 is 9.26 Å². The highest BCUT2D eigenvalue weighted by Crippen LogP contribution is 2.16. The lowest BCUT2D eigenvalue weighted by molar-refractivity contribution is 0.340. The van der Waals surface area contributed by atoms with Gasteiger partial charge in [-0.3, -0.25) is 0 Å². The van der Waals surface area contributed by atoms with Crippen LogP contribution in [0.4, 0.5) is 5.69 Å². The van der Waals surface area contributed by atoms with Gasteiger partial charge < -0.3 is 14.6 Å². The van der Waals surface area contributed by atoms with Crippen molar-refractivity contribution in [3.05, 3.63) is 36.0 Å². The zero-order valence-corrected chi connectivity index (χ0v) is 9.93. The van der Waals surface area contributed by atoms with Crippen LogP contribution < -0.4 is 10.1 Å². The molecular weight excluding hydrogens is 218 g/mol. The first-order chi connectivity index (χ1) is 8.28. The number of anilines is 1. The van der Waals surface area contributed by atoms with Crippen LogP contribution in [-0.4, -0.2) is 16.7 Å². The number of aryl methyl sites for hydroxylation is 1. The van der Waals surface area contributed by atoms with Crippen molar-refractivity contribution >= 4 is 5.69 Å². The fraction of sp³-hybridized carbons (Fsp3) is 0.333. The lowest BCUT2D eigenvalue weighted by Crippen LogP contribution is -1.99. The fourth-order valence-corrected chi connectivity index (χ4v) is 1.43. The molecule has 0 saturated carbocycles. The second kappa shape index (κ2) is 5.34. The summed E-state index contributed by atoms with van der Waals surface area (Å²) in [6.45, 7) is 4.96. The summed E-state index contributed by atoms with van der Waals surface area (Å²) in [7, 11) is 0. The molecule has 1 aromatic heterocycles. The molecule has 1 heterocycles. The van der Waals surface area contributed by atoms with E-state index in [-0.39, 0.29) is 0 Å². The molecule has 0 spiro atoms. The molecule has 2 rings (SSSR count). The normalized spacial score (nSPS) is 10.2. The Morgan fingerprint density at radius 3 is 2.65 bits per heavy atom. The monoisotopic (exact) mass is 233 g/mol. The van der Waals surface area contributed by atoms with Gasteiger partial charge in [0, 0.05) is 5.69 Å². The molecule has 0 atom stereocenters. The lowest BCUT2D eigenvalue weighted by atomic mass is 10.3. The topological polar surface area (TPSA) is 60.2 Å². The molecule has 0 bridgehead atoms. The summed E-state index contributed by atoms with van der Waals surface area (Å²) in [6, 6.07) is 7.75. The SMILES string of the molecule is CCOc1ccc(NCc2nc(C)no2)cc1. The minimum Gasteiger partial charge on any atom is -0.494 e. The number of aromatic nitrogens is 2. The molecule has 0 fully saturated rings. The quantitative estimate of drug-likeness (QED) is 0.859. The molecule has 1 aromatic carbocycles. The van der Waals surface area contributed by atoms with Crippen LogP contribution in [-0.2, 0) is 6.54 Å². The van der Waals surface area contributed by atoms with Crippen LogP contribution in [0.5, 0.6) is 5.75 Å². The van der Waals surface area contributed by atoms with Gasteiger partial charge in [-0.2, -0.15) is 4.98 Å². The van der Waals surface area contributed by atoms with Crippen molar-refractivity contribution in [2.24, 2.45) is 0 Å². The van der Waals surface area contributed by atoms with E-state index in [4.69, 9.17) is 9.26 Å². The summed E-state index contributed by atoms with van der Waals surface area (Å²) in [5.41, 5.74) is 0.990. The van der Waals surface area contributed by atoms with Gasteiger partial charge in [0.05, 0.1) is 13.2 Å². The van der Waals surface area contributed by atoms with Crippen molar-refractivity contribution in [1.29, 1.82) is 0 Å². The van der Waals surface area contributed by atoms with Crippen LogP contribution >= 0.6 is 0 Å². The third-order valence-electron chi connectivity index (χ3n) is 2.18. The van der Waals surface area contributed by atoms with Crippen molar-refractivity contribution in [3.63, 3.8) is 0 Å². The van der Waals surface area contributed by atoms with E-state index in [1.165, 1.54) is 0 Å². The largest absolute Gasteiger partial charge is 0.494 e. The van der Waals surface area contributed by atoms with Gasteiger partial charge in [0.25, 0.3) is 0 Å². The van der Waals surface area contributed by atoms with Gasteiger partial charge in [-0.15, -0.1) is 0 Å². The Labute approximate surface area is 99.8 Å². The van der Waals surface area contributed by atoms with Gasteiger partial charge in [-0.05, 0) is 38.1 Å². The lowest BCUT2D eigenvalue weighted by Gasteiger charge is -2.05. The summed E-state index contributed by atoms with van der Waals surface area (Å²) >= 11 is 0. The summed E-state index contributed by atoms with van der Waals surface area (Å²) in [4.78, 5) is 4.11. The molecule has 1 N–H and O–H groups in total. The van der Waals surface area contributed by atoms with E-state index >= 15 is 0 Å². The maximum absolute atomic E-state index is 5.36. The van der Waals surface area contributed by atoms with Crippen LogP contribution in [0.15, 0.2) is 28.8 Å². The van der Waals surface area contributed by atoms with Crippen molar-refractivity contribution in [3.8, 4) is 5.75 Å². The van der Waals surface area contributed by atoms with E-state index in [2.05, 4.69) is 15.5 Å². The zero-order chi connectivity index (χ0) is 12.1. The molecule has 17 heavy (non-hydrogen) atoms. The molecule has 0 aliphatic heterocycles. The second-order valence-corrected chi connectivity index (χ2v) is 3.55. The highest BCUT2D eigenvalue weighted by molar-refractivity contribution is 5.46. The van der Waals surface area contributed by atoms with Crippen LogP contribution in [0, 0.1) is 6.92 Å². The zero-order valence-electron chi connectivity index (χ0n) is 9.93. The van der Waals surface area contributed by atoms with E-state index in [1.54, 1.807) is 6.92 Å². The predicted octanol–water partition coefficient (Wildman–Crippen LogP) is 2.39. The smallest absolute Gasteiger partial charge is 0.245 e. The van der Waals surface area contributed by atoms with Crippen LogP contribution in [0.1, 0.15) is 18.6 Å². The Morgan fingerprint density at radius 1 is 1.29 bits per heavy atom. The first kappa shape index (κ1) is 11.4. The minimum absolute atomic E-state index is 0.523. The predicted molar refractivity (Wildman–Crippen MR) is 64.0 cm³/mol. The van der Waals surface area contributed by atoms with Crippen LogP contribution in [0.25, 0.3) is 0 Å². The first-order valence-corrected chi connectivity index (χ1v) is 5.54. The Balaban J connectivity index is 1.90. The number of ether oxygens (including phenoxy) is 1. The summed E-state index contributed by atoms with van der Waals surface area (Å²) in [5, 5.41) is 6.91. The third-order valence-corrected chi connectivity index (χ3v) is 2.18. The Hall–Kier alpha value is -2.04. The molecule has 0 amide bonds. The molecule has 5 heteroatoms. The van der Waals surface area contributed by atoms with Crippen molar-refractivity contribution in [2.45, 2.75) is 20.4 Å². The number of benzene rings is 1. The van der Waals surface area contributed by atoms with E-state index in [9.17, 15) is 0 Å². The molecule has 0 aliphatic carbocycles. The molecule has 0 radical (unpaired) electrons. The maximum Gasteiger partial charge on any atom is 0.245 e. The molecule has 0 aliphatic rings. The Morgan fingerprint density at radius 2 is 2.06 bits per heavy atom. The van der Waals surface area contributed by atoms with Gasteiger partial charge in [0.1, 0.15) is 5.75 Å². The highest BCUT2D eigenvalue weighted by atomic mass is 16.5. The highest BCUT2D eigenvalue weighted by Gasteiger charge is 2.01. The van der Waals surface area contributed by atoms with Crippen molar-refractivity contribution in [2.75, 3.05) is 11.9 Å². The molecule has 90 valence electrons. The first-order valence-electron chi connectivity index (χ1n) is 5.54. The number of nitrogens with one attached hydrogen (secondary N) is 1. The Bertz CT molecular complexity index is 465. The number of rotatable bonds is 5. The average Bonchev–Trinajstić information content (AvgIpc) is 2.75. The molecule has 2 aromatic rings. The second-order valence-electron chi connectivity index (χ2n) is 3.55. The van der Waals surface area contributed by atoms with Crippen molar-refractivity contribution in [1.82, 2.24) is 10.1 Å². The Kier molecular flexibility index (Phi) is 3.59. The minimum atomic E-state index is 0.523. The molecule has 5 nitrogen and oxygen atoms in total. The summed E-state index contributed by atoms with van der Waals surface area (Å²) in [6.07, 6.45) is 0. The van der Waals surface area contributed by atoms with Gasteiger partial charge in [0.2, 0.25) is 5.89 Å². The van der Waals surface area contributed by atoms with E-state index in [0.29, 0.717) is 24.9 Å². The molecule has 0 saturated heterocycles. The molecular formula is C12H15N3O2.